The number of carbonyl (C=O) groups is 2. The number of phenolic OH excluding ortho intramolecular Hbond substituents is 1. The first-order chi connectivity index (χ1) is 20.1. The molecule has 6 nitrogen and oxygen atoms in total. The van der Waals surface area contributed by atoms with E-state index >= 15 is 0 Å². The summed E-state index contributed by atoms with van der Waals surface area (Å²) in [6.07, 6.45) is 1.70. The molecule has 0 spiro atoms. The van der Waals surface area contributed by atoms with Crippen LogP contribution in [0, 0.1) is 0 Å². The topological polar surface area (TPSA) is 82.1 Å². The number of aromatic hydroxyl groups is 1. The second-order valence-electron chi connectivity index (χ2n) is 15.9. The molecule has 1 N–H and O–H groups in total. The van der Waals surface area contributed by atoms with E-state index in [9.17, 15) is 14.7 Å². The molecular weight excluding hydrogens is 552 g/mol. The van der Waals surface area contributed by atoms with Gasteiger partial charge in [-0.05, 0) is 63.7 Å². The van der Waals surface area contributed by atoms with Gasteiger partial charge in [-0.1, -0.05) is 107 Å². The highest BCUT2D eigenvalue weighted by molar-refractivity contribution is 5.70. The Morgan fingerprint density at radius 3 is 1.32 bits per heavy atom. The zero-order valence-electron chi connectivity index (χ0n) is 29.7. The average molecular weight is 611 g/mol. The molecule has 0 bridgehead atoms. The van der Waals surface area contributed by atoms with Gasteiger partial charge in [0.15, 0.2) is 0 Å². The van der Waals surface area contributed by atoms with Crippen LogP contribution in [-0.2, 0) is 53.6 Å². The molecule has 6 heteroatoms. The maximum atomic E-state index is 12.8. The molecule has 0 unspecified atom stereocenters. The van der Waals surface area contributed by atoms with Crippen LogP contribution in [0.4, 0.5) is 0 Å². The van der Waals surface area contributed by atoms with Gasteiger partial charge in [-0.25, -0.2) is 0 Å². The average Bonchev–Trinajstić information content (AvgIpc) is 2.87. The molecule has 44 heavy (non-hydrogen) atoms. The molecule has 0 atom stereocenters. The van der Waals surface area contributed by atoms with Crippen LogP contribution in [0.5, 0.6) is 11.5 Å². The number of carbonyl (C=O) groups excluding carboxylic acids is 2. The number of esters is 2. The van der Waals surface area contributed by atoms with Crippen molar-refractivity contribution in [1.82, 2.24) is 0 Å². The monoisotopic (exact) mass is 610 g/mol. The molecule has 0 fully saturated rings. The lowest BCUT2D eigenvalue weighted by molar-refractivity contribution is -0.144. The van der Waals surface area contributed by atoms with Crippen molar-refractivity contribution in [3.05, 3.63) is 57.6 Å². The SMILES string of the molecule is CCOC(=O)CCc1cc(C(C)(C)C)c(OCCOC(=O)CCc2cc(C(C)(C)C)c(O)c(C(C)(C)C)c2)c(C(C)(C)C)c1. The summed E-state index contributed by atoms with van der Waals surface area (Å²) in [5.41, 5.74) is 5.13. The first-order valence-electron chi connectivity index (χ1n) is 16.0. The maximum absolute atomic E-state index is 12.8. The normalized spacial score (nSPS) is 12.7. The molecule has 2 aromatic carbocycles. The van der Waals surface area contributed by atoms with Gasteiger partial charge in [0.2, 0.25) is 0 Å². The molecule has 0 saturated heterocycles. The van der Waals surface area contributed by atoms with Gasteiger partial charge >= 0.3 is 11.9 Å². The molecular formula is C38H58O6. The second-order valence-corrected chi connectivity index (χ2v) is 15.9. The van der Waals surface area contributed by atoms with E-state index in [-0.39, 0.29) is 53.2 Å². The summed E-state index contributed by atoms with van der Waals surface area (Å²) in [7, 11) is 0. The second kappa shape index (κ2) is 14.4. The number of hydrogen-bond acceptors (Lipinski definition) is 6. The van der Waals surface area contributed by atoms with Crippen LogP contribution in [-0.4, -0.2) is 36.9 Å². The Morgan fingerprint density at radius 1 is 0.591 bits per heavy atom. The fraction of sp³-hybridized carbons (Fsp3) is 0.632. The van der Waals surface area contributed by atoms with E-state index in [1.165, 1.54) is 0 Å². The van der Waals surface area contributed by atoms with Crippen LogP contribution >= 0.6 is 0 Å². The molecule has 0 aromatic heterocycles. The fourth-order valence-electron chi connectivity index (χ4n) is 5.18. The first-order valence-corrected chi connectivity index (χ1v) is 16.0. The molecule has 2 aromatic rings. The number of benzene rings is 2. The maximum Gasteiger partial charge on any atom is 0.306 e. The summed E-state index contributed by atoms with van der Waals surface area (Å²) in [6, 6.07) is 8.29. The Bertz CT molecular complexity index is 1220. The zero-order chi connectivity index (χ0) is 33.7. The highest BCUT2D eigenvalue weighted by Gasteiger charge is 2.29. The van der Waals surface area contributed by atoms with Gasteiger partial charge in [0.1, 0.15) is 24.7 Å². The van der Waals surface area contributed by atoms with Crippen LogP contribution in [0.3, 0.4) is 0 Å². The van der Waals surface area contributed by atoms with E-state index in [0.717, 1.165) is 39.1 Å². The Balaban J connectivity index is 2.16. The Labute approximate surface area is 266 Å². The van der Waals surface area contributed by atoms with Crippen molar-refractivity contribution in [3.8, 4) is 11.5 Å². The first kappa shape index (κ1) is 37.2. The third-order valence-corrected chi connectivity index (χ3v) is 7.68. The van der Waals surface area contributed by atoms with Crippen LogP contribution < -0.4 is 4.74 Å². The smallest absolute Gasteiger partial charge is 0.306 e. The molecule has 0 saturated carbocycles. The van der Waals surface area contributed by atoms with E-state index < -0.39 is 0 Å². The van der Waals surface area contributed by atoms with E-state index in [4.69, 9.17) is 14.2 Å². The molecule has 246 valence electrons. The molecule has 0 heterocycles. The van der Waals surface area contributed by atoms with Gasteiger partial charge in [-0.3, -0.25) is 9.59 Å². The Hall–Kier alpha value is -3.02. The van der Waals surface area contributed by atoms with Gasteiger partial charge in [0.25, 0.3) is 0 Å². The molecule has 0 aliphatic heterocycles. The quantitative estimate of drug-likeness (QED) is 0.203. The van der Waals surface area contributed by atoms with Crippen molar-refractivity contribution < 1.29 is 28.9 Å². The van der Waals surface area contributed by atoms with Gasteiger partial charge in [-0.2, -0.15) is 0 Å². The van der Waals surface area contributed by atoms with Gasteiger partial charge < -0.3 is 19.3 Å². The standard InChI is InChI=1S/C38H58O6/c1-14-42-31(39)17-15-26-23-29(37(8,9)10)34(30(24-26)38(11,12)13)44-20-19-43-32(40)18-16-25-21-27(35(2,3)4)33(41)28(22-25)36(5,6)7/h21-24,41H,14-20H2,1-13H3. The third-order valence-electron chi connectivity index (χ3n) is 7.68. The van der Waals surface area contributed by atoms with Gasteiger partial charge in [-0.15, -0.1) is 0 Å². The summed E-state index contributed by atoms with van der Waals surface area (Å²) < 4.78 is 17.1. The van der Waals surface area contributed by atoms with Crippen molar-refractivity contribution in [2.45, 2.75) is 137 Å². The van der Waals surface area contributed by atoms with Crippen LogP contribution in [0.25, 0.3) is 0 Å². The largest absolute Gasteiger partial charge is 0.507 e. The highest BCUT2D eigenvalue weighted by atomic mass is 16.6. The van der Waals surface area contributed by atoms with Gasteiger partial charge in [0, 0.05) is 24.0 Å². The minimum absolute atomic E-state index is 0.146. The van der Waals surface area contributed by atoms with E-state index in [1.807, 2.05) is 19.1 Å². The number of phenols is 1. The summed E-state index contributed by atoms with van der Waals surface area (Å²) >= 11 is 0. The minimum Gasteiger partial charge on any atom is -0.507 e. The van der Waals surface area contributed by atoms with Crippen molar-refractivity contribution in [2.24, 2.45) is 0 Å². The summed E-state index contributed by atoms with van der Waals surface area (Å²) in [5, 5.41) is 11.0. The summed E-state index contributed by atoms with van der Waals surface area (Å²) in [6.45, 7) is 28.0. The molecule has 2 rings (SSSR count). The van der Waals surface area contributed by atoms with Crippen molar-refractivity contribution in [2.75, 3.05) is 19.8 Å². The van der Waals surface area contributed by atoms with E-state index in [1.54, 1.807) is 0 Å². The Kier molecular flexibility index (Phi) is 12.2. The molecule has 0 radical (unpaired) electrons. The van der Waals surface area contributed by atoms with Crippen LogP contribution in [0.15, 0.2) is 24.3 Å². The number of rotatable bonds is 11. The number of aryl methyl sites for hydroxylation is 2. The molecule has 0 amide bonds. The lowest BCUT2D eigenvalue weighted by Gasteiger charge is -2.30. The molecule has 0 aliphatic rings. The van der Waals surface area contributed by atoms with E-state index in [2.05, 4.69) is 95.2 Å². The van der Waals surface area contributed by atoms with E-state index in [0.29, 0.717) is 31.6 Å². The summed E-state index contributed by atoms with van der Waals surface area (Å²) in [5.74, 6) is 0.677. The van der Waals surface area contributed by atoms with Gasteiger partial charge in [0.05, 0.1) is 6.61 Å². The Morgan fingerprint density at radius 2 is 0.955 bits per heavy atom. The molecule has 0 aliphatic carbocycles. The lowest BCUT2D eigenvalue weighted by Crippen LogP contribution is -2.22. The number of hydrogen-bond donors (Lipinski definition) is 1. The number of ether oxygens (including phenoxy) is 3. The predicted octanol–water partition coefficient (Wildman–Crippen LogP) is 8.63. The predicted molar refractivity (Wildman–Crippen MR) is 179 cm³/mol. The van der Waals surface area contributed by atoms with Crippen LogP contribution in [0.1, 0.15) is 136 Å². The van der Waals surface area contributed by atoms with Crippen molar-refractivity contribution in [1.29, 1.82) is 0 Å². The van der Waals surface area contributed by atoms with Crippen molar-refractivity contribution in [3.63, 3.8) is 0 Å². The third kappa shape index (κ3) is 10.6. The highest BCUT2D eigenvalue weighted by Crippen LogP contribution is 2.42. The zero-order valence-corrected chi connectivity index (χ0v) is 29.7. The van der Waals surface area contributed by atoms with Crippen molar-refractivity contribution >= 4 is 11.9 Å². The lowest BCUT2D eigenvalue weighted by atomic mass is 9.78. The summed E-state index contributed by atoms with van der Waals surface area (Å²) in [4.78, 5) is 24.8. The van der Waals surface area contributed by atoms with Crippen LogP contribution in [0.2, 0.25) is 0 Å². The minimum atomic E-state index is -0.280. The fourth-order valence-corrected chi connectivity index (χ4v) is 5.18.